The van der Waals surface area contributed by atoms with Crippen LogP contribution in [0.3, 0.4) is 0 Å². The van der Waals surface area contributed by atoms with E-state index in [-0.39, 0.29) is 11.3 Å². The minimum Gasteiger partial charge on any atom is -0.478 e. The number of carbonyl (C=O) groups is 1. The standard InChI is InChI=1S/C8H8O4S/c9-8(10)7-3-1-6(2-4-7)5-13(11)12/h1-4H,5H2,(H,9,10)(H,11,12). The summed E-state index contributed by atoms with van der Waals surface area (Å²) < 4.78 is 18.9. The Hall–Kier alpha value is -1.20. The molecule has 0 radical (unpaired) electrons. The van der Waals surface area contributed by atoms with Crippen LogP contribution in [-0.2, 0) is 16.8 Å². The quantitative estimate of drug-likeness (QED) is 0.716. The van der Waals surface area contributed by atoms with Gasteiger partial charge in [0.05, 0.1) is 11.3 Å². The first-order valence-corrected chi connectivity index (χ1v) is 4.77. The Morgan fingerprint density at radius 3 is 2.23 bits per heavy atom. The van der Waals surface area contributed by atoms with Crippen LogP contribution in [0, 0.1) is 0 Å². The van der Waals surface area contributed by atoms with Crippen LogP contribution < -0.4 is 0 Å². The average Bonchev–Trinajstić information content (AvgIpc) is 2.04. The van der Waals surface area contributed by atoms with Crippen molar-refractivity contribution in [2.45, 2.75) is 5.75 Å². The van der Waals surface area contributed by atoms with E-state index in [0.29, 0.717) is 5.56 Å². The molecule has 1 unspecified atom stereocenters. The van der Waals surface area contributed by atoms with Crippen molar-refractivity contribution in [1.82, 2.24) is 0 Å². The molecule has 0 amide bonds. The molecule has 0 aliphatic heterocycles. The zero-order valence-electron chi connectivity index (χ0n) is 6.64. The molecule has 4 nitrogen and oxygen atoms in total. The number of hydrogen-bond acceptors (Lipinski definition) is 2. The molecule has 1 aromatic rings. The van der Waals surface area contributed by atoms with Crippen molar-refractivity contribution in [3.8, 4) is 0 Å². The fraction of sp³-hybridized carbons (Fsp3) is 0.125. The van der Waals surface area contributed by atoms with Crippen LogP contribution in [0.25, 0.3) is 0 Å². The maximum Gasteiger partial charge on any atom is 0.335 e. The summed E-state index contributed by atoms with van der Waals surface area (Å²) in [6.07, 6.45) is 0. The van der Waals surface area contributed by atoms with Gasteiger partial charge in [-0.3, -0.25) is 0 Å². The van der Waals surface area contributed by atoms with Crippen molar-refractivity contribution in [3.63, 3.8) is 0 Å². The highest BCUT2D eigenvalue weighted by atomic mass is 32.2. The zero-order chi connectivity index (χ0) is 9.84. The fourth-order valence-electron chi connectivity index (χ4n) is 0.886. The van der Waals surface area contributed by atoms with Gasteiger partial charge in [-0.05, 0) is 17.7 Å². The maximum absolute atomic E-state index is 10.4. The van der Waals surface area contributed by atoms with E-state index in [2.05, 4.69) is 0 Å². The molecule has 5 heteroatoms. The van der Waals surface area contributed by atoms with Crippen molar-refractivity contribution in [2.75, 3.05) is 0 Å². The first kappa shape index (κ1) is 9.88. The highest BCUT2D eigenvalue weighted by Gasteiger charge is 2.02. The van der Waals surface area contributed by atoms with Crippen molar-refractivity contribution >= 4 is 17.0 Å². The highest BCUT2D eigenvalue weighted by Crippen LogP contribution is 2.05. The molecule has 0 aromatic heterocycles. The summed E-state index contributed by atoms with van der Waals surface area (Å²) in [5.41, 5.74) is 0.818. The molecule has 0 heterocycles. The third kappa shape index (κ3) is 2.96. The lowest BCUT2D eigenvalue weighted by atomic mass is 10.1. The van der Waals surface area contributed by atoms with Crippen LogP contribution in [0.5, 0.6) is 0 Å². The van der Waals surface area contributed by atoms with E-state index in [1.165, 1.54) is 24.3 Å². The van der Waals surface area contributed by atoms with Crippen LogP contribution in [0.2, 0.25) is 0 Å². The summed E-state index contributed by atoms with van der Waals surface area (Å²) >= 11 is -1.88. The van der Waals surface area contributed by atoms with Gasteiger partial charge in [-0.2, -0.15) is 0 Å². The normalized spacial score (nSPS) is 12.4. The minimum absolute atomic E-state index is 0.0277. The van der Waals surface area contributed by atoms with Gasteiger partial charge in [0.1, 0.15) is 0 Å². The number of hydrogen-bond donors (Lipinski definition) is 2. The van der Waals surface area contributed by atoms with Crippen LogP contribution in [0.1, 0.15) is 15.9 Å². The molecule has 1 aromatic carbocycles. The molecule has 1 rings (SSSR count). The molecular formula is C8H8O4S. The lowest BCUT2D eigenvalue weighted by Crippen LogP contribution is -1.97. The first-order chi connectivity index (χ1) is 6.09. The van der Waals surface area contributed by atoms with Crippen molar-refractivity contribution in [2.24, 2.45) is 0 Å². The van der Waals surface area contributed by atoms with E-state index >= 15 is 0 Å². The summed E-state index contributed by atoms with van der Waals surface area (Å²) in [5.74, 6) is -0.975. The number of benzene rings is 1. The Bertz CT molecular complexity index is 331. The van der Waals surface area contributed by atoms with Gasteiger partial charge < -0.3 is 9.66 Å². The Labute approximate surface area is 77.5 Å². The SMILES string of the molecule is O=C(O)c1ccc(CS(=O)O)cc1. The molecule has 13 heavy (non-hydrogen) atoms. The minimum atomic E-state index is -1.88. The van der Waals surface area contributed by atoms with E-state index in [1.807, 2.05) is 0 Å². The second-order valence-electron chi connectivity index (χ2n) is 2.47. The van der Waals surface area contributed by atoms with Gasteiger partial charge in [-0.25, -0.2) is 9.00 Å². The van der Waals surface area contributed by atoms with E-state index < -0.39 is 17.0 Å². The largest absolute Gasteiger partial charge is 0.478 e. The van der Waals surface area contributed by atoms with Gasteiger partial charge in [-0.1, -0.05) is 12.1 Å². The molecule has 0 fully saturated rings. The summed E-state index contributed by atoms with van der Waals surface area (Å²) in [6.45, 7) is 0. The predicted molar refractivity (Wildman–Crippen MR) is 47.9 cm³/mol. The second kappa shape index (κ2) is 4.15. The van der Waals surface area contributed by atoms with Crippen LogP contribution in [-0.4, -0.2) is 19.8 Å². The van der Waals surface area contributed by atoms with E-state index in [1.54, 1.807) is 0 Å². The van der Waals surface area contributed by atoms with Gasteiger partial charge >= 0.3 is 5.97 Å². The Balaban J connectivity index is 2.81. The molecule has 0 spiro atoms. The molecule has 70 valence electrons. The van der Waals surface area contributed by atoms with Gasteiger partial charge in [-0.15, -0.1) is 0 Å². The molecule has 0 aliphatic rings. The predicted octanol–water partition coefficient (Wildman–Crippen LogP) is 1.11. The Morgan fingerprint density at radius 2 is 1.85 bits per heavy atom. The van der Waals surface area contributed by atoms with Gasteiger partial charge in [0.2, 0.25) is 0 Å². The third-order valence-electron chi connectivity index (χ3n) is 1.49. The summed E-state index contributed by atoms with van der Waals surface area (Å²) in [5, 5.41) is 8.55. The van der Waals surface area contributed by atoms with Crippen LogP contribution in [0.15, 0.2) is 24.3 Å². The van der Waals surface area contributed by atoms with E-state index in [4.69, 9.17) is 9.66 Å². The molecule has 1 atom stereocenters. The lowest BCUT2D eigenvalue weighted by Gasteiger charge is -1.97. The number of carboxylic acid groups (broad SMARTS) is 1. The van der Waals surface area contributed by atoms with E-state index in [9.17, 15) is 9.00 Å². The van der Waals surface area contributed by atoms with Gasteiger partial charge in [0, 0.05) is 0 Å². The van der Waals surface area contributed by atoms with Gasteiger partial charge in [0.25, 0.3) is 0 Å². The summed E-state index contributed by atoms with van der Waals surface area (Å²) in [4.78, 5) is 10.4. The first-order valence-electron chi connectivity index (χ1n) is 3.49. The molecule has 2 N–H and O–H groups in total. The van der Waals surface area contributed by atoms with Crippen molar-refractivity contribution in [1.29, 1.82) is 0 Å². The van der Waals surface area contributed by atoms with E-state index in [0.717, 1.165) is 0 Å². The third-order valence-corrected chi connectivity index (χ3v) is 2.07. The fourth-order valence-corrected chi connectivity index (χ4v) is 1.36. The Morgan fingerprint density at radius 1 is 1.31 bits per heavy atom. The second-order valence-corrected chi connectivity index (χ2v) is 3.40. The maximum atomic E-state index is 10.4. The summed E-state index contributed by atoms with van der Waals surface area (Å²) in [6, 6.07) is 5.87. The average molecular weight is 200 g/mol. The number of carboxylic acids is 1. The topological polar surface area (TPSA) is 74.6 Å². The number of aromatic carboxylic acids is 1. The monoisotopic (exact) mass is 200 g/mol. The van der Waals surface area contributed by atoms with Crippen molar-refractivity contribution in [3.05, 3.63) is 35.4 Å². The molecule has 0 aliphatic carbocycles. The molecule has 0 bridgehead atoms. The van der Waals surface area contributed by atoms with Crippen molar-refractivity contribution < 1.29 is 18.7 Å². The molecule has 0 saturated carbocycles. The van der Waals surface area contributed by atoms with Gasteiger partial charge in [0.15, 0.2) is 11.1 Å². The highest BCUT2D eigenvalue weighted by molar-refractivity contribution is 7.78. The zero-order valence-corrected chi connectivity index (χ0v) is 7.45. The Kier molecular flexibility index (Phi) is 3.16. The van der Waals surface area contributed by atoms with Crippen LogP contribution >= 0.6 is 0 Å². The lowest BCUT2D eigenvalue weighted by molar-refractivity contribution is 0.0697. The van der Waals surface area contributed by atoms with Crippen LogP contribution in [0.4, 0.5) is 0 Å². The summed E-state index contributed by atoms with van der Waals surface area (Å²) in [7, 11) is 0. The molecular weight excluding hydrogens is 192 g/mol. The molecule has 0 saturated heterocycles. The number of rotatable bonds is 3. The smallest absolute Gasteiger partial charge is 0.335 e.